The summed E-state index contributed by atoms with van der Waals surface area (Å²) in [7, 11) is 0. The van der Waals surface area contributed by atoms with Crippen molar-refractivity contribution in [3.05, 3.63) is 91.8 Å². The molecule has 170 valence electrons. The minimum atomic E-state index is -0.367. The van der Waals surface area contributed by atoms with Gasteiger partial charge in [0.25, 0.3) is 11.1 Å². The van der Waals surface area contributed by atoms with Crippen LogP contribution in [0.3, 0.4) is 0 Å². The van der Waals surface area contributed by atoms with E-state index in [2.05, 4.69) is 35.9 Å². The van der Waals surface area contributed by atoms with Crippen molar-refractivity contribution in [2.24, 2.45) is 0 Å². The van der Waals surface area contributed by atoms with E-state index in [0.717, 1.165) is 45.3 Å². The Bertz CT molecular complexity index is 1510. The Morgan fingerprint density at radius 3 is 2.38 bits per heavy atom. The summed E-state index contributed by atoms with van der Waals surface area (Å²) in [5, 5.41) is 2.96. The Labute approximate surface area is 210 Å². The van der Waals surface area contributed by atoms with Gasteiger partial charge in [0.2, 0.25) is 0 Å². The minimum absolute atomic E-state index is 0.352. The Hall–Kier alpha value is -3.06. The molecule has 1 aromatic heterocycles. The lowest BCUT2D eigenvalue weighted by molar-refractivity contribution is -0.115. The van der Waals surface area contributed by atoms with Crippen LogP contribution in [0, 0.1) is 13.8 Å². The number of nitrogens with zero attached hydrogens (tertiary/aromatic N) is 2. The van der Waals surface area contributed by atoms with Crippen molar-refractivity contribution in [3.8, 4) is 11.4 Å². The highest BCUT2D eigenvalue weighted by Gasteiger charge is 2.25. The first kappa shape index (κ1) is 22.7. The molecule has 4 aromatic rings. The fourth-order valence-corrected chi connectivity index (χ4v) is 4.88. The van der Waals surface area contributed by atoms with E-state index in [9.17, 15) is 9.59 Å². The molecule has 2 amide bonds. The van der Waals surface area contributed by atoms with Crippen molar-refractivity contribution in [1.82, 2.24) is 14.9 Å². The van der Waals surface area contributed by atoms with Gasteiger partial charge < -0.3 is 4.57 Å². The van der Waals surface area contributed by atoms with Crippen molar-refractivity contribution in [3.63, 3.8) is 0 Å². The highest BCUT2D eigenvalue weighted by atomic mass is 35.5. The van der Waals surface area contributed by atoms with E-state index < -0.39 is 0 Å². The number of halogens is 2. The number of aryl methyl sites for hydroxylation is 2. The van der Waals surface area contributed by atoms with Gasteiger partial charge in [-0.3, -0.25) is 14.9 Å². The van der Waals surface area contributed by atoms with Crippen LogP contribution in [0.15, 0.2) is 59.5 Å². The van der Waals surface area contributed by atoms with Crippen LogP contribution < -0.4 is 5.32 Å². The lowest BCUT2D eigenvalue weighted by atomic mass is 10.1. The summed E-state index contributed by atoms with van der Waals surface area (Å²) in [5.74, 6) is 0.460. The number of imide groups is 1. The number of thioether (sulfide) groups is 1. The third-order valence-electron chi connectivity index (χ3n) is 5.80. The van der Waals surface area contributed by atoms with Crippen LogP contribution in [0.25, 0.3) is 28.5 Å². The van der Waals surface area contributed by atoms with Crippen molar-refractivity contribution >= 4 is 63.2 Å². The Kier molecular flexibility index (Phi) is 5.98. The van der Waals surface area contributed by atoms with E-state index in [1.54, 1.807) is 12.1 Å². The third kappa shape index (κ3) is 4.37. The fraction of sp³-hybridized carbons (Fsp3) is 0.115. The maximum absolute atomic E-state index is 11.8. The fourth-order valence-electron chi connectivity index (χ4n) is 3.88. The lowest BCUT2D eigenvalue weighted by Crippen LogP contribution is -2.17. The van der Waals surface area contributed by atoms with Gasteiger partial charge in [0.05, 0.1) is 26.0 Å². The molecule has 3 aromatic carbocycles. The molecule has 5 nitrogen and oxygen atoms in total. The molecule has 5 rings (SSSR count). The molecule has 1 aliphatic rings. The molecule has 0 saturated carbocycles. The molecule has 1 fully saturated rings. The van der Waals surface area contributed by atoms with Crippen LogP contribution in [0.4, 0.5) is 4.79 Å². The largest absolute Gasteiger partial charge is 0.319 e. The van der Waals surface area contributed by atoms with Crippen LogP contribution in [-0.2, 0) is 11.3 Å². The van der Waals surface area contributed by atoms with Crippen molar-refractivity contribution in [1.29, 1.82) is 0 Å². The molecule has 0 aliphatic carbocycles. The summed E-state index contributed by atoms with van der Waals surface area (Å²) in [6.45, 7) is 4.75. The number of carbonyl (C=O) groups is 2. The quantitative estimate of drug-likeness (QED) is 0.302. The lowest BCUT2D eigenvalue weighted by Gasteiger charge is -2.11. The molecular weight excluding hydrogens is 489 g/mol. The second-order valence-corrected chi connectivity index (χ2v) is 10.00. The molecule has 8 heteroatoms. The van der Waals surface area contributed by atoms with Gasteiger partial charge in [-0.1, -0.05) is 53.5 Å². The van der Waals surface area contributed by atoms with E-state index in [1.165, 1.54) is 11.1 Å². The van der Waals surface area contributed by atoms with E-state index in [0.29, 0.717) is 21.5 Å². The van der Waals surface area contributed by atoms with Crippen LogP contribution in [0.5, 0.6) is 0 Å². The van der Waals surface area contributed by atoms with Gasteiger partial charge in [0, 0.05) is 12.1 Å². The van der Waals surface area contributed by atoms with Gasteiger partial charge in [-0.25, -0.2) is 4.98 Å². The van der Waals surface area contributed by atoms with Gasteiger partial charge >= 0.3 is 0 Å². The number of rotatable bonds is 4. The van der Waals surface area contributed by atoms with Gasteiger partial charge in [-0.05, 0) is 78.2 Å². The monoisotopic (exact) mass is 507 g/mol. The van der Waals surface area contributed by atoms with Crippen molar-refractivity contribution in [2.75, 3.05) is 0 Å². The molecule has 0 unspecified atom stereocenters. The van der Waals surface area contributed by atoms with Crippen LogP contribution in [0.2, 0.25) is 10.0 Å². The molecular formula is C26H19Cl2N3O2S. The maximum atomic E-state index is 11.8. The first-order valence-electron chi connectivity index (χ1n) is 10.6. The predicted octanol–water partition coefficient (Wildman–Crippen LogP) is 7.00. The van der Waals surface area contributed by atoms with Gasteiger partial charge in [-0.15, -0.1) is 0 Å². The average Bonchev–Trinajstić information content (AvgIpc) is 3.30. The minimum Gasteiger partial charge on any atom is -0.319 e. The third-order valence-corrected chi connectivity index (χ3v) is 7.35. The SMILES string of the molecule is Cc1cc2nc(-c3ccc(C=C4SC(=O)NC4=O)cc3)n(Cc3ccc(Cl)c(Cl)c3)c2cc1C. The Morgan fingerprint density at radius 1 is 0.971 bits per heavy atom. The number of imidazole rings is 1. The summed E-state index contributed by atoms with van der Waals surface area (Å²) in [5.41, 5.74) is 7.11. The van der Waals surface area contributed by atoms with Crippen LogP contribution in [-0.4, -0.2) is 20.7 Å². The van der Waals surface area contributed by atoms with E-state index in [1.807, 2.05) is 36.4 Å². The summed E-state index contributed by atoms with van der Waals surface area (Å²) in [6, 6.07) is 17.7. The number of amides is 2. The van der Waals surface area contributed by atoms with Gasteiger partial charge in [-0.2, -0.15) is 0 Å². The molecule has 1 N–H and O–H groups in total. The highest BCUT2D eigenvalue weighted by Crippen LogP contribution is 2.31. The summed E-state index contributed by atoms with van der Waals surface area (Å²) in [4.78, 5) is 28.6. The number of aromatic nitrogens is 2. The number of benzene rings is 3. The zero-order chi connectivity index (χ0) is 24.0. The number of fused-ring (bicyclic) bond motifs is 1. The second kappa shape index (κ2) is 8.95. The molecule has 1 saturated heterocycles. The molecule has 34 heavy (non-hydrogen) atoms. The van der Waals surface area contributed by atoms with Crippen molar-refractivity contribution < 1.29 is 9.59 Å². The highest BCUT2D eigenvalue weighted by molar-refractivity contribution is 8.18. The average molecular weight is 508 g/mol. The van der Waals surface area contributed by atoms with Gasteiger partial charge in [0.1, 0.15) is 5.82 Å². The molecule has 0 spiro atoms. The topological polar surface area (TPSA) is 64.0 Å². The Morgan fingerprint density at radius 2 is 1.71 bits per heavy atom. The number of carbonyl (C=O) groups excluding carboxylic acids is 2. The first-order valence-corrected chi connectivity index (χ1v) is 12.1. The predicted molar refractivity (Wildman–Crippen MR) is 139 cm³/mol. The van der Waals surface area contributed by atoms with E-state index in [4.69, 9.17) is 28.2 Å². The van der Waals surface area contributed by atoms with E-state index in [-0.39, 0.29) is 11.1 Å². The molecule has 0 bridgehead atoms. The second-order valence-electron chi connectivity index (χ2n) is 8.17. The first-order chi connectivity index (χ1) is 16.3. The molecule has 2 heterocycles. The van der Waals surface area contributed by atoms with Crippen molar-refractivity contribution in [2.45, 2.75) is 20.4 Å². The maximum Gasteiger partial charge on any atom is 0.290 e. The number of nitrogens with one attached hydrogen (secondary N) is 1. The van der Waals surface area contributed by atoms with E-state index >= 15 is 0 Å². The standard InChI is InChI=1S/C26H19Cl2N3O2S/c1-14-9-21-22(10-15(14)2)31(13-17-5-8-19(27)20(28)11-17)24(29-21)18-6-3-16(4-7-18)12-23-25(32)30-26(33)34-23/h3-12H,13H2,1-2H3,(H,30,32,33). The normalized spacial score (nSPS) is 14.9. The smallest absolute Gasteiger partial charge is 0.290 e. The van der Waals surface area contributed by atoms with Gasteiger partial charge in [0.15, 0.2) is 0 Å². The molecule has 0 atom stereocenters. The molecule has 1 aliphatic heterocycles. The van der Waals surface area contributed by atoms with Crippen LogP contribution >= 0.6 is 35.0 Å². The number of hydrogen-bond acceptors (Lipinski definition) is 4. The summed E-state index contributed by atoms with van der Waals surface area (Å²) >= 11 is 13.3. The van der Waals surface area contributed by atoms with Crippen LogP contribution in [0.1, 0.15) is 22.3 Å². The summed E-state index contributed by atoms with van der Waals surface area (Å²) < 4.78 is 2.17. The zero-order valence-corrected chi connectivity index (χ0v) is 20.7. The summed E-state index contributed by atoms with van der Waals surface area (Å²) in [6.07, 6.45) is 1.71. The Balaban J connectivity index is 1.57. The zero-order valence-electron chi connectivity index (χ0n) is 18.4. The molecule has 0 radical (unpaired) electrons. The number of hydrogen-bond donors (Lipinski definition) is 1.